The van der Waals surface area contributed by atoms with E-state index in [9.17, 15) is 26.8 Å². The molecule has 2 aromatic rings. The first kappa shape index (κ1) is 20.7. The number of rotatable bonds is 6. The molecule has 2 aromatic carbocycles. The van der Waals surface area contributed by atoms with Crippen LogP contribution in [0.1, 0.15) is 26.3 Å². The number of aryl methyl sites for hydroxylation is 1. The minimum Gasteiger partial charge on any atom is -0.454 e. The summed E-state index contributed by atoms with van der Waals surface area (Å²) in [6.07, 6.45) is 0. The van der Waals surface area contributed by atoms with Crippen molar-refractivity contribution in [3.63, 3.8) is 0 Å². The Balaban J connectivity index is 2.18. The highest BCUT2D eigenvalue weighted by atomic mass is 32.2. The number of benzene rings is 2. The Hall–Kier alpha value is -2.65. The zero-order chi connectivity index (χ0) is 20.4. The van der Waals surface area contributed by atoms with E-state index >= 15 is 0 Å². The molecular weight excluding hydrogens is 380 g/mol. The average molecular weight is 397 g/mol. The fourth-order valence-corrected chi connectivity index (χ4v) is 3.08. The van der Waals surface area contributed by atoms with Gasteiger partial charge in [0.1, 0.15) is 0 Å². The molecule has 0 unspecified atom stereocenters. The smallest absolute Gasteiger partial charge is 0.338 e. The molecule has 27 heavy (non-hydrogen) atoms. The first-order chi connectivity index (χ1) is 12.5. The van der Waals surface area contributed by atoms with Crippen LogP contribution in [0.5, 0.6) is 0 Å². The third-order valence-corrected chi connectivity index (χ3v) is 5.59. The maximum Gasteiger partial charge on any atom is 0.338 e. The van der Waals surface area contributed by atoms with Gasteiger partial charge in [-0.15, -0.1) is 0 Å². The third kappa shape index (κ3) is 4.55. The lowest BCUT2D eigenvalue weighted by molar-refractivity contribution is 0.0473. The number of esters is 1. The summed E-state index contributed by atoms with van der Waals surface area (Å²) in [7, 11) is -1.04. The first-order valence-corrected chi connectivity index (χ1v) is 9.16. The lowest BCUT2D eigenvalue weighted by Crippen LogP contribution is -2.23. The summed E-state index contributed by atoms with van der Waals surface area (Å²) in [5.74, 6) is -3.92. The standard InChI is InChI=1S/C18H17F2NO5S/c1-11-4-6-13(27(24,25)21(2)3)9-14(11)18(23)26-10-17(22)12-5-7-15(19)16(20)8-12/h4-9H,10H2,1-3H3. The number of carbonyl (C=O) groups excluding carboxylic acids is 2. The number of ketones is 1. The van der Waals surface area contributed by atoms with Crippen molar-refractivity contribution in [1.29, 1.82) is 0 Å². The number of ether oxygens (including phenoxy) is 1. The molecule has 0 spiro atoms. The lowest BCUT2D eigenvalue weighted by atomic mass is 10.1. The van der Waals surface area contributed by atoms with E-state index in [-0.39, 0.29) is 16.0 Å². The molecule has 0 heterocycles. The number of carbonyl (C=O) groups is 2. The predicted octanol–water partition coefficient (Wildman–Crippen LogP) is 2.56. The Kier molecular flexibility index (Phi) is 6.07. The molecular formula is C18H17F2NO5S. The van der Waals surface area contributed by atoms with E-state index in [1.165, 1.54) is 26.2 Å². The van der Waals surface area contributed by atoms with Crippen LogP contribution in [0, 0.1) is 18.6 Å². The van der Waals surface area contributed by atoms with Gasteiger partial charge in [0.25, 0.3) is 0 Å². The minimum absolute atomic E-state index is 0.0176. The molecule has 0 radical (unpaired) electrons. The number of halogens is 2. The molecule has 0 fully saturated rings. The SMILES string of the molecule is Cc1ccc(S(=O)(=O)N(C)C)cc1C(=O)OCC(=O)c1ccc(F)c(F)c1. The Bertz CT molecular complexity index is 1000. The largest absolute Gasteiger partial charge is 0.454 e. The van der Waals surface area contributed by atoms with Gasteiger partial charge in [0.05, 0.1) is 10.5 Å². The van der Waals surface area contributed by atoms with Crippen molar-refractivity contribution in [1.82, 2.24) is 4.31 Å². The van der Waals surface area contributed by atoms with Crippen LogP contribution in [-0.4, -0.2) is 45.2 Å². The van der Waals surface area contributed by atoms with E-state index in [0.717, 1.165) is 22.5 Å². The maximum atomic E-state index is 13.2. The van der Waals surface area contributed by atoms with Crippen molar-refractivity contribution in [2.45, 2.75) is 11.8 Å². The quantitative estimate of drug-likeness (QED) is 0.553. The molecule has 0 N–H and O–H groups in total. The Morgan fingerprint density at radius 3 is 2.30 bits per heavy atom. The van der Waals surface area contributed by atoms with Gasteiger partial charge in [-0.05, 0) is 42.8 Å². The van der Waals surface area contributed by atoms with Gasteiger partial charge in [-0.1, -0.05) is 6.07 Å². The predicted molar refractivity (Wildman–Crippen MR) is 93.0 cm³/mol. The highest BCUT2D eigenvalue weighted by Gasteiger charge is 2.21. The van der Waals surface area contributed by atoms with Crippen LogP contribution in [0.25, 0.3) is 0 Å². The summed E-state index contributed by atoms with van der Waals surface area (Å²) in [5, 5.41) is 0. The summed E-state index contributed by atoms with van der Waals surface area (Å²) < 4.78 is 56.4. The van der Waals surface area contributed by atoms with E-state index in [2.05, 4.69) is 0 Å². The molecule has 2 rings (SSSR count). The second kappa shape index (κ2) is 7.93. The second-order valence-electron chi connectivity index (χ2n) is 5.89. The van der Waals surface area contributed by atoms with Crippen molar-refractivity contribution in [3.8, 4) is 0 Å². The van der Waals surface area contributed by atoms with Crippen molar-refractivity contribution in [2.24, 2.45) is 0 Å². The number of hydrogen-bond donors (Lipinski definition) is 0. The Labute approximate surface area is 155 Å². The molecule has 0 atom stereocenters. The fraction of sp³-hybridized carbons (Fsp3) is 0.222. The topological polar surface area (TPSA) is 80.8 Å². The molecule has 0 aromatic heterocycles. The highest BCUT2D eigenvalue weighted by molar-refractivity contribution is 7.89. The minimum atomic E-state index is -3.75. The number of hydrogen-bond acceptors (Lipinski definition) is 5. The van der Waals surface area contributed by atoms with Gasteiger partial charge in [-0.2, -0.15) is 0 Å². The average Bonchev–Trinajstić information content (AvgIpc) is 2.61. The Morgan fingerprint density at radius 1 is 1.04 bits per heavy atom. The third-order valence-electron chi connectivity index (χ3n) is 3.78. The van der Waals surface area contributed by atoms with Crippen LogP contribution in [0.2, 0.25) is 0 Å². The van der Waals surface area contributed by atoms with Crippen molar-refractivity contribution in [3.05, 3.63) is 64.7 Å². The zero-order valence-corrected chi connectivity index (χ0v) is 15.6. The molecule has 0 saturated carbocycles. The van der Waals surface area contributed by atoms with Crippen molar-refractivity contribution < 1.29 is 31.5 Å². The summed E-state index contributed by atoms with van der Waals surface area (Å²) >= 11 is 0. The molecule has 0 aliphatic carbocycles. The molecule has 0 saturated heterocycles. The summed E-state index contributed by atoms with van der Waals surface area (Å²) in [6.45, 7) is 0.883. The molecule has 144 valence electrons. The van der Waals surface area contributed by atoms with E-state index in [1.807, 2.05) is 0 Å². The molecule has 0 aliphatic heterocycles. The Morgan fingerprint density at radius 2 is 1.70 bits per heavy atom. The van der Waals surface area contributed by atoms with Crippen LogP contribution in [0.4, 0.5) is 8.78 Å². The van der Waals surface area contributed by atoms with Crippen LogP contribution < -0.4 is 0 Å². The van der Waals surface area contributed by atoms with E-state index < -0.39 is 40.0 Å². The fourth-order valence-electron chi connectivity index (χ4n) is 2.15. The van der Waals surface area contributed by atoms with E-state index in [4.69, 9.17) is 4.74 Å². The molecule has 6 nitrogen and oxygen atoms in total. The zero-order valence-electron chi connectivity index (χ0n) is 14.8. The second-order valence-corrected chi connectivity index (χ2v) is 8.04. The van der Waals surface area contributed by atoms with E-state index in [0.29, 0.717) is 11.6 Å². The number of Topliss-reactive ketones (excluding diaryl/α,β-unsaturated/α-hetero) is 1. The monoisotopic (exact) mass is 397 g/mol. The summed E-state index contributed by atoms with van der Waals surface area (Å²) in [5.41, 5.74) is 0.288. The lowest BCUT2D eigenvalue weighted by Gasteiger charge is -2.13. The van der Waals surface area contributed by atoms with E-state index in [1.54, 1.807) is 6.92 Å². The van der Waals surface area contributed by atoms with Gasteiger partial charge >= 0.3 is 5.97 Å². The number of sulfonamides is 1. The van der Waals surface area contributed by atoms with Gasteiger partial charge in [0, 0.05) is 19.7 Å². The first-order valence-electron chi connectivity index (χ1n) is 7.72. The van der Waals surface area contributed by atoms with Crippen LogP contribution in [0.3, 0.4) is 0 Å². The molecule has 0 bridgehead atoms. The molecule has 0 amide bonds. The molecule has 0 aliphatic rings. The van der Waals surface area contributed by atoms with Gasteiger partial charge in [0.2, 0.25) is 10.0 Å². The van der Waals surface area contributed by atoms with Crippen LogP contribution in [-0.2, 0) is 14.8 Å². The van der Waals surface area contributed by atoms with Gasteiger partial charge in [-0.3, -0.25) is 4.79 Å². The normalized spacial score (nSPS) is 11.5. The summed E-state index contributed by atoms with van der Waals surface area (Å²) in [4.78, 5) is 24.1. The van der Waals surface area contributed by atoms with Crippen LogP contribution >= 0.6 is 0 Å². The van der Waals surface area contributed by atoms with Crippen molar-refractivity contribution in [2.75, 3.05) is 20.7 Å². The van der Waals surface area contributed by atoms with Gasteiger partial charge in [-0.25, -0.2) is 26.3 Å². The van der Waals surface area contributed by atoms with Gasteiger partial charge in [0.15, 0.2) is 24.0 Å². The number of nitrogens with zero attached hydrogens (tertiary/aromatic N) is 1. The van der Waals surface area contributed by atoms with Gasteiger partial charge < -0.3 is 4.74 Å². The maximum absolute atomic E-state index is 13.2. The summed E-state index contributed by atoms with van der Waals surface area (Å²) in [6, 6.07) is 6.54. The van der Waals surface area contributed by atoms with Crippen LogP contribution in [0.15, 0.2) is 41.3 Å². The van der Waals surface area contributed by atoms with Crippen molar-refractivity contribution >= 4 is 21.8 Å². The molecule has 9 heteroatoms. The highest BCUT2D eigenvalue weighted by Crippen LogP contribution is 2.19.